The zero-order valence-corrected chi connectivity index (χ0v) is 18.7. The Balaban J connectivity index is 1.44. The highest BCUT2D eigenvalue weighted by atomic mass is 35.5. The summed E-state index contributed by atoms with van der Waals surface area (Å²) in [6.07, 6.45) is 0.623. The van der Waals surface area contributed by atoms with Crippen molar-refractivity contribution >= 4 is 29.4 Å². The summed E-state index contributed by atoms with van der Waals surface area (Å²) in [6, 6.07) is 24.8. The minimum absolute atomic E-state index is 0.277. The number of amides is 4. The van der Waals surface area contributed by atoms with Gasteiger partial charge in [0.15, 0.2) is 0 Å². The third kappa shape index (κ3) is 5.41. The van der Waals surface area contributed by atoms with Crippen molar-refractivity contribution in [2.24, 2.45) is 0 Å². The van der Waals surface area contributed by atoms with Crippen molar-refractivity contribution in [1.29, 1.82) is 0 Å². The fraction of sp³-hybridized carbons (Fsp3) is 0.192. The molecule has 0 bridgehead atoms. The van der Waals surface area contributed by atoms with Crippen molar-refractivity contribution in [2.75, 3.05) is 13.1 Å². The molecular weight excluding hydrogens is 438 g/mol. The molecule has 0 aliphatic carbocycles. The van der Waals surface area contributed by atoms with Crippen LogP contribution in [0.3, 0.4) is 0 Å². The number of rotatable bonds is 8. The molecule has 3 aromatic carbocycles. The van der Waals surface area contributed by atoms with E-state index in [4.69, 9.17) is 11.6 Å². The maximum atomic E-state index is 13.3. The summed E-state index contributed by atoms with van der Waals surface area (Å²) in [7, 11) is 0. The van der Waals surface area contributed by atoms with Crippen molar-refractivity contribution in [1.82, 2.24) is 15.1 Å². The molecule has 33 heavy (non-hydrogen) atoms. The zero-order valence-electron chi connectivity index (χ0n) is 18.0. The van der Waals surface area contributed by atoms with Crippen molar-refractivity contribution in [2.45, 2.75) is 19.0 Å². The van der Waals surface area contributed by atoms with Crippen LogP contribution in [0.4, 0.5) is 4.79 Å². The van der Waals surface area contributed by atoms with Gasteiger partial charge >= 0.3 is 6.03 Å². The normalized spacial score (nSPS) is 15.7. The van der Waals surface area contributed by atoms with E-state index in [-0.39, 0.29) is 19.0 Å². The van der Waals surface area contributed by atoms with Gasteiger partial charge in [-0.05, 0) is 35.2 Å². The number of hydrogen-bond acceptors (Lipinski definition) is 3. The first kappa shape index (κ1) is 22.6. The van der Waals surface area contributed by atoms with E-state index < -0.39 is 18.0 Å². The molecular formula is C26H24ClN3O3. The number of carbonyl (C=O) groups excluding carboxylic acids is 3. The molecule has 0 radical (unpaired) electrons. The van der Waals surface area contributed by atoms with Crippen LogP contribution in [0.5, 0.6) is 0 Å². The van der Waals surface area contributed by atoms with Gasteiger partial charge in [-0.2, -0.15) is 0 Å². The van der Waals surface area contributed by atoms with E-state index in [1.54, 1.807) is 12.1 Å². The van der Waals surface area contributed by atoms with Crippen LogP contribution in [-0.4, -0.2) is 40.7 Å². The van der Waals surface area contributed by atoms with Gasteiger partial charge in [-0.15, -0.1) is 0 Å². The Bertz CT molecular complexity index is 1120. The van der Waals surface area contributed by atoms with E-state index in [2.05, 4.69) is 5.32 Å². The number of hydrogen-bond donors (Lipinski definition) is 1. The Morgan fingerprint density at radius 3 is 2.15 bits per heavy atom. The highest BCUT2D eigenvalue weighted by Crippen LogP contribution is 2.32. The van der Waals surface area contributed by atoms with E-state index in [1.165, 1.54) is 4.90 Å². The van der Waals surface area contributed by atoms with Gasteiger partial charge in [-0.25, -0.2) is 4.79 Å². The number of halogens is 1. The predicted molar refractivity (Wildman–Crippen MR) is 126 cm³/mol. The van der Waals surface area contributed by atoms with Crippen molar-refractivity contribution < 1.29 is 14.4 Å². The number of benzene rings is 3. The molecule has 1 N–H and O–H groups in total. The van der Waals surface area contributed by atoms with Crippen LogP contribution in [0.2, 0.25) is 5.02 Å². The van der Waals surface area contributed by atoms with Crippen molar-refractivity contribution in [3.05, 3.63) is 107 Å². The summed E-state index contributed by atoms with van der Waals surface area (Å²) in [5.74, 6) is -0.769. The lowest BCUT2D eigenvalue weighted by atomic mass is 10.1. The molecule has 1 aliphatic rings. The van der Waals surface area contributed by atoms with Gasteiger partial charge in [0, 0.05) is 18.1 Å². The Morgan fingerprint density at radius 1 is 0.848 bits per heavy atom. The van der Waals surface area contributed by atoms with Crippen LogP contribution in [0.1, 0.15) is 22.7 Å². The largest absolute Gasteiger partial charge is 0.354 e. The topological polar surface area (TPSA) is 69.7 Å². The number of nitrogens with zero attached hydrogens (tertiary/aromatic N) is 2. The summed E-state index contributed by atoms with van der Waals surface area (Å²) in [5.41, 5.74) is 2.66. The lowest BCUT2D eigenvalue weighted by Crippen LogP contribution is -2.41. The maximum Gasteiger partial charge on any atom is 0.328 e. The molecule has 0 saturated carbocycles. The first-order valence-corrected chi connectivity index (χ1v) is 11.1. The fourth-order valence-electron chi connectivity index (χ4n) is 3.88. The Morgan fingerprint density at radius 2 is 1.48 bits per heavy atom. The van der Waals surface area contributed by atoms with Gasteiger partial charge in [0.05, 0.1) is 0 Å². The van der Waals surface area contributed by atoms with Gasteiger partial charge < -0.3 is 10.2 Å². The number of urea groups is 1. The van der Waals surface area contributed by atoms with Gasteiger partial charge in [-0.3, -0.25) is 14.5 Å². The smallest absolute Gasteiger partial charge is 0.328 e. The quantitative estimate of drug-likeness (QED) is 0.511. The van der Waals surface area contributed by atoms with Crippen LogP contribution in [0.25, 0.3) is 0 Å². The highest BCUT2D eigenvalue weighted by Gasteiger charge is 2.46. The highest BCUT2D eigenvalue weighted by molar-refractivity contribution is 6.30. The van der Waals surface area contributed by atoms with Crippen LogP contribution < -0.4 is 5.32 Å². The first-order chi connectivity index (χ1) is 16.0. The lowest BCUT2D eigenvalue weighted by Gasteiger charge is -2.22. The van der Waals surface area contributed by atoms with E-state index in [1.807, 2.05) is 72.8 Å². The molecule has 0 aromatic heterocycles. The molecule has 0 spiro atoms. The summed E-state index contributed by atoms with van der Waals surface area (Å²) < 4.78 is 0. The molecule has 4 amide bonds. The molecule has 1 heterocycles. The van der Waals surface area contributed by atoms with E-state index >= 15 is 0 Å². The summed E-state index contributed by atoms with van der Waals surface area (Å²) in [6.45, 7) is 0.360. The van der Waals surface area contributed by atoms with Crippen molar-refractivity contribution in [3.8, 4) is 0 Å². The second-order valence-corrected chi connectivity index (χ2v) is 8.30. The average Bonchev–Trinajstić information content (AvgIpc) is 3.06. The molecule has 7 heteroatoms. The van der Waals surface area contributed by atoms with Gasteiger partial charge in [0.2, 0.25) is 5.91 Å². The van der Waals surface area contributed by atoms with Crippen molar-refractivity contribution in [3.63, 3.8) is 0 Å². The monoisotopic (exact) mass is 461 g/mol. The summed E-state index contributed by atoms with van der Waals surface area (Å²) >= 11 is 5.89. The first-order valence-electron chi connectivity index (χ1n) is 10.7. The molecule has 6 nitrogen and oxygen atoms in total. The summed E-state index contributed by atoms with van der Waals surface area (Å²) in [4.78, 5) is 41.6. The van der Waals surface area contributed by atoms with Crippen LogP contribution in [0.15, 0.2) is 84.9 Å². The van der Waals surface area contributed by atoms with Crippen LogP contribution in [-0.2, 0) is 22.6 Å². The van der Waals surface area contributed by atoms with E-state index in [0.717, 1.165) is 21.6 Å². The Labute approximate surface area is 197 Å². The molecule has 3 aromatic rings. The average molecular weight is 462 g/mol. The van der Waals surface area contributed by atoms with Gasteiger partial charge in [-0.1, -0.05) is 84.4 Å². The molecule has 1 unspecified atom stereocenters. The molecule has 1 fully saturated rings. The fourth-order valence-corrected chi connectivity index (χ4v) is 4.01. The van der Waals surface area contributed by atoms with Crippen LogP contribution in [0, 0.1) is 0 Å². The number of carbonyl (C=O) groups is 3. The second-order valence-electron chi connectivity index (χ2n) is 7.86. The second kappa shape index (κ2) is 10.3. The maximum absolute atomic E-state index is 13.3. The van der Waals surface area contributed by atoms with Gasteiger partial charge in [0.25, 0.3) is 5.91 Å². The molecule has 1 aliphatic heterocycles. The molecule has 4 rings (SSSR count). The number of imide groups is 1. The van der Waals surface area contributed by atoms with Gasteiger partial charge in [0.1, 0.15) is 12.6 Å². The zero-order chi connectivity index (χ0) is 23.2. The minimum Gasteiger partial charge on any atom is -0.354 e. The Hall–Kier alpha value is -3.64. The van der Waals surface area contributed by atoms with Crippen LogP contribution >= 0.6 is 11.6 Å². The third-order valence-electron chi connectivity index (χ3n) is 5.55. The molecule has 168 valence electrons. The van der Waals surface area contributed by atoms with E-state index in [0.29, 0.717) is 18.0 Å². The SMILES string of the molecule is O=C(CN1C(=O)C(c2ccccc2)N(Cc2ccccc2)C1=O)NCCc1ccc(Cl)cc1. The lowest BCUT2D eigenvalue weighted by molar-refractivity contribution is -0.132. The molecule has 1 atom stereocenters. The molecule has 1 saturated heterocycles. The predicted octanol–water partition coefficient (Wildman–Crippen LogP) is 4.20. The number of nitrogens with one attached hydrogen (secondary N) is 1. The third-order valence-corrected chi connectivity index (χ3v) is 5.80. The standard InChI is InChI=1S/C26H24ClN3O3/c27-22-13-11-19(12-14-22)15-16-28-23(31)18-30-25(32)24(21-9-5-2-6-10-21)29(26(30)33)17-20-7-3-1-4-8-20/h1-14,24H,15-18H2,(H,28,31). The summed E-state index contributed by atoms with van der Waals surface area (Å²) in [5, 5.41) is 3.45. The minimum atomic E-state index is -0.763. The Kier molecular flexibility index (Phi) is 7.05. The van der Waals surface area contributed by atoms with E-state index in [9.17, 15) is 14.4 Å².